The van der Waals surface area contributed by atoms with E-state index in [9.17, 15) is 18.0 Å². The van der Waals surface area contributed by atoms with Crippen molar-refractivity contribution in [3.8, 4) is 0 Å². The van der Waals surface area contributed by atoms with Gasteiger partial charge in [0.05, 0.1) is 22.0 Å². The molecule has 152 valence electrons. The van der Waals surface area contributed by atoms with Crippen molar-refractivity contribution in [3.63, 3.8) is 0 Å². The molecule has 1 aromatic carbocycles. The zero-order valence-corrected chi connectivity index (χ0v) is 17.1. The Morgan fingerprint density at radius 1 is 1.25 bits per heavy atom. The number of halogens is 4. The van der Waals surface area contributed by atoms with Gasteiger partial charge in [-0.15, -0.1) is 11.3 Å². The number of aryl methyl sites for hydroxylation is 2. The van der Waals surface area contributed by atoms with Gasteiger partial charge in [0.25, 0.3) is 0 Å². The number of alkyl halides is 3. The summed E-state index contributed by atoms with van der Waals surface area (Å²) in [6.45, 7) is 3.70. The molecular formula is C19H21ClF3N3OS. The molecule has 2 N–H and O–H groups in total. The molecule has 1 aliphatic rings. The van der Waals surface area contributed by atoms with Crippen LogP contribution >= 0.6 is 22.9 Å². The van der Waals surface area contributed by atoms with Gasteiger partial charge in [-0.1, -0.05) is 25.4 Å². The predicted octanol–water partition coefficient (Wildman–Crippen LogP) is 5.77. The van der Waals surface area contributed by atoms with E-state index < -0.39 is 17.8 Å². The summed E-state index contributed by atoms with van der Waals surface area (Å²) in [5, 5.41) is 6.28. The van der Waals surface area contributed by atoms with Gasteiger partial charge >= 0.3 is 6.18 Å². The Hall–Kier alpha value is -1.80. The Bertz CT molecular complexity index is 843. The number of carbonyl (C=O) groups is 1. The molecule has 0 aliphatic heterocycles. The number of nitrogens with zero attached hydrogens (tertiary/aromatic N) is 1. The number of benzene rings is 1. The molecule has 0 spiro atoms. The van der Waals surface area contributed by atoms with E-state index in [4.69, 9.17) is 11.6 Å². The van der Waals surface area contributed by atoms with E-state index in [0.29, 0.717) is 5.13 Å². The molecule has 1 aromatic heterocycles. The number of fused-ring (bicyclic) bond motifs is 1. The summed E-state index contributed by atoms with van der Waals surface area (Å²) < 4.78 is 38.4. The lowest BCUT2D eigenvalue weighted by atomic mass is 10.0. The van der Waals surface area contributed by atoms with Crippen LogP contribution in [0, 0.1) is 5.92 Å². The largest absolute Gasteiger partial charge is 0.416 e. The van der Waals surface area contributed by atoms with E-state index in [0.717, 1.165) is 43.5 Å². The van der Waals surface area contributed by atoms with Crippen molar-refractivity contribution in [1.29, 1.82) is 0 Å². The van der Waals surface area contributed by atoms with Crippen molar-refractivity contribution in [3.05, 3.63) is 39.4 Å². The van der Waals surface area contributed by atoms with E-state index in [2.05, 4.69) is 15.6 Å². The van der Waals surface area contributed by atoms with Crippen molar-refractivity contribution in [2.75, 3.05) is 10.6 Å². The monoisotopic (exact) mass is 431 g/mol. The Morgan fingerprint density at radius 2 is 1.96 bits per heavy atom. The highest BCUT2D eigenvalue weighted by atomic mass is 35.5. The molecule has 0 unspecified atom stereocenters. The average molecular weight is 432 g/mol. The molecule has 0 fully saturated rings. The fourth-order valence-electron chi connectivity index (χ4n) is 3.10. The molecule has 0 saturated heterocycles. The summed E-state index contributed by atoms with van der Waals surface area (Å²) >= 11 is 7.50. The van der Waals surface area contributed by atoms with Gasteiger partial charge in [-0.3, -0.25) is 4.79 Å². The van der Waals surface area contributed by atoms with Crippen LogP contribution in [0.5, 0.6) is 0 Å². The van der Waals surface area contributed by atoms with E-state index in [1.807, 2.05) is 13.8 Å². The molecule has 1 atom stereocenters. The van der Waals surface area contributed by atoms with E-state index in [1.54, 1.807) is 0 Å². The summed E-state index contributed by atoms with van der Waals surface area (Å²) in [5.41, 5.74) is 0.496. The maximum absolute atomic E-state index is 12.8. The first kappa shape index (κ1) is 20.9. The van der Waals surface area contributed by atoms with Crippen molar-refractivity contribution >= 4 is 39.7 Å². The third-order valence-corrected chi connectivity index (χ3v) is 6.02. The number of carbonyl (C=O) groups excluding carboxylic acids is 1. The van der Waals surface area contributed by atoms with Gasteiger partial charge in [-0.2, -0.15) is 13.2 Å². The maximum Gasteiger partial charge on any atom is 0.416 e. The first-order valence-electron chi connectivity index (χ1n) is 9.08. The van der Waals surface area contributed by atoms with Gasteiger partial charge in [0.15, 0.2) is 5.13 Å². The van der Waals surface area contributed by atoms with Gasteiger partial charge in [-0.25, -0.2) is 4.98 Å². The van der Waals surface area contributed by atoms with Crippen molar-refractivity contribution in [2.45, 2.75) is 51.7 Å². The van der Waals surface area contributed by atoms with Crippen LogP contribution in [0.1, 0.15) is 42.8 Å². The molecule has 0 radical (unpaired) electrons. The first-order chi connectivity index (χ1) is 13.1. The Balaban J connectivity index is 1.74. The zero-order chi connectivity index (χ0) is 20.5. The fourth-order valence-corrected chi connectivity index (χ4v) is 4.39. The molecule has 2 aromatic rings. The van der Waals surface area contributed by atoms with Crippen LogP contribution in [0.15, 0.2) is 18.2 Å². The number of amides is 1. The van der Waals surface area contributed by atoms with E-state index >= 15 is 0 Å². The molecule has 1 amide bonds. The molecule has 0 bridgehead atoms. The van der Waals surface area contributed by atoms with Gasteiger partial charge in [0.1, 0.15) is 6.04 Å². The Kier molecular flexibility index (Phi) is 6.19. The molecule has 3 rings (SSSR count). The highest BCUT2D eigenvalue weighted by Crippen LogP contribution is 2.34. The lowest BCUT2D eigenvalue weighted by molar-refractivity contribution is -0.137. The smallest absolute Gasteiger partial charge is 0.372 e. The number of thiazole rings is 1. The second kappa shape index (κ2) is 8.29. The summed E-state index contributed by atoms with van der Waals surface area (Å²) in [7, 11) is 0. The number of nitrogens with one attached hydrogen (secondary N) is 2. The minimum absolute atomic E-state index is 0.0852. The highest BCUT2D eigenvalue weighted by Gasteiger charge is 2.31. The van der Waals surface area contributed by atoms with Crippen molar-refractivity contribution in [2.24, 2.45) is 5.92 Å². The molecule has 9 heteroatoms. The number of rotatable bonds is 5. The van der Waals surface area contributed by atoms with Gasteiger partial charge in [-0.05, 0) is 49.8 Å². The molecule has 0 saturated carbocycles. The van der Waals surface area contributed by atoms with Crippen LogP contribution in [-0.2, 0) is 23.8 Å². The fraction of sp³-hybridized carbons (Fsp3) is 0.474. The number of hydrogen-bond donors (Lipinski definition) is 2. The van der Waals surface area contributed by atoms with Crippen molar-refractivity contribution < 1.29 is 18.0 Å². The molecule has 28 heavy (non-hydrogen) atoms. The van der Waals surface area contributed by atoms with E-state index in [1.165, 1.54) is 22.3 Å². The van der Waals surface area contributed by atoms with Crippen LogP contribution in [0.25, 0.3) is 0 Å². The van der Waals surface area contributed by atoms with Crippen molar-refractivity contribution in [1.82, 2.24) is 4.98 Å². The zero-order valence-electron chi connectivity index (χ0n) is 15.5. The second-order valence-electron chi connectivity index (χ2n) is 7.14. The third kappa shape index (κ3) is 4.78. The minimum atomic E-state index is -4.47. The van der Waals surface area contributed by atoms with Gasteiger partial charge in [0.2, 0.25) is 5.91 Å². The highest BCUT2D eigenvalue weighted by molar-refractivity contribution is 7.15. The lowest BCUT2D eigenvalue weighted by Gasteiger charge is -2.23. The number of hydrogen-bond acceptors (Lipinski definition) is 4. The SMILES string of the molecule is CC(C)[C@H](Nc1ccc(C(F)(F)F)cc1Cl)C(=O)Nc1nc2c(s1)CCCC2. The predicted molar refractivity (Wildman–Crippen MR) is 106 cm³/mol. The Labute approximate surface area is 170 Å². The lowest BCUT2D eigenvalue weighted by Crippen LogP contribution is -2.39. The molecule has 1 aliphatic carbocycles. The minimum Gasteiger partial charge on any atom is -0.372 e. The Morgan fingerprint density at radius 3 is 2.57 bits per heavy atom. The van der Waals surface area contributed by atoms with Gasteiger partial charge < -0.3 is 10.6 Å². The normalized spacial score (nSPS) is 15.2. The van der Waals surface area contributed by atoms with Crippen LogP contribution in [-0.4, -0.2) is 16.9 Å². The molecular weight excluding hydrogens is 411 g/mol. The van der Waals surface area contributed by atoms with Crippen LogP contribution < -0.4 is 10.6 Å². The average Bonchev–Trinajstić information content (AvgIpc) is 3.01. The van der Waals surface area contributed by atoms with Gasteiger partial charge in [0, 0.05) is 4.88 Å². The summed E-state index contributed by atoms with van der Waals surface area (Å²) in [5.74, 6) is -0.412. The molecule has 1 heterocycles. The molecule has 4 nitrogen and oxygen atoms in total. The van der Waals surface area contributed by atoms with E-state index in [-0.39, 0.29) is 22.5 Å². The van der Waals surface area contributed by atoms with Crippen LogP contribution in [0.4, 0.5) is 24.0 Å². The van der Waals surface area contributed by atoms with Crippen LogP contribution in [0.2, 0.25) is 5.02 Å². The number of aromatic nitrogens is 1. The standard InChI is InChI=1S/C19H21ClF3N3OS/c1-10(2)16(24-13-8-7-11(9-12(13)20)19(21,22)23)17(27)26-18-25-14-5-3-4-6-15(14)28-18/h7-10,16,24H,3-6H2,1-2H3,(H,25,26,27)/t16-/m0/s1. The quantitative estimate of drug-likeness (QED) is 0.631. The maximum atomic E-state index is 12.8. The third-order valence-electron chi connectivity index (χ3n) is 4.63. The topological polar surface area (TPSA) is 54.0 Å². The first-order valence-corrected chi connectivity index (χ1v) is 10.3. The summed E-state index contributed by atoms with van der Waals surface area (Å²) in [6.07, 6.45) is -0.330. The summed E-state index contributed by atoms with van der Waals surface area (Å²) in [6, 6.07) is 2.37. The number of anilines is 2. The summed E-state index contributed by atoms with van der Waals surface area (Å²) in [4.78, 5) is 18.5. The second-order valence-corrected chi connectivity index (χ2v) is 8.63. The van der Waals surface area contributed by atoms with Crippen LogP contribution in [0.3, 0.4) is 0 Å².